The summed E-state index contributed by atoms with van der Waals surface area (Å²) in [5.74, 6) is -0.0932. The first-order valence-electron chi connectivity index (χ1n) is 3.30. The molecule has 0 saturated heterocycles. The van der Waals surface area contributed by atoms with Gasteiger partial charge in [0.25, 0.3) is 0 Å². The largest absolute Gasteiger partial charge is 0.331 e. The van der Waals surface area contributed by atoms with Gasteiger partial charge in [-0.15, -0.1) is 0 Å². The van der Waals surface area contributed by atoms with Gasteiger partial charge in [0.2, 0.25) is 0 Å². The zero-order valence-corrected chi connectivity index (χ0v) is 9.72. The van der Waals surface area contributed by atoms with Crippen LogP contribution in [-0.4, -0.2) is 31.0 Å². The summed E-state index contributed by atoms with van der Waals surface area (Å²) in [5, 5.41) is 0. The molecule has 4 nitrogen and oxygen atoms in total. The summed E-state index contributed by atoms with van der Waals surface area (Å²) in [4.78, 5) is 10.3. The molecule has 6 heteroatoms. The molecule has 0 fully saturated rings. The van der Waals surface area contributed by atoms with Gasteiger partial charge < -0.3 is 9.05 Å². The number of alkyl halides is 1. The quantitative estimate of drug-likeness (QED) is 0.558. The van der Waals surface area contributed by atoms with E-state index in [1.807, 2.05) is 0 Å². The highest BCUT2D eigenvalue weighted by atomic mass is 79.9. The lowest BCUT2D eigenvalue weighted by atomic mass is 10.3. The predicted octanol–water partition coefficient (Wildman–Crippen LogP) is 1.82. The maximum Gasteiger partial charge on any atom is 0.331 e. The van der Waals surface area contributed by atoms with Crippen LogP contribution in [0.1, 0.15) is 6.92 Å². The molecule has 0 rings (SSSR count). The van der Waals surface area contributed by atoms with Crippen molar-refractivity contribution < 1.29 is 18.4 Å². The number of carbonyl (C=O) groups excluding carboxylic acids is 1. The second-order valence-electron chi connectivity index (χ2n) is 2.24. The molecule has 0 bridgehead atoms. The molecular formula is C6H12BrO4P. The second-order valence-corrected chi connectivity index (χ2v) is 5.66. The first-order valence-corrected chi connectivity index (χ1v) is 5.94. The van der Waals surface area contributed by atoms with Crippen LogP contribution in [0.25, 0.3) is 0 Å². The molecule has 0 heterocycles. The molecule has 0 aromatic rings. The second kappa shape index (κ2) is 5.12. The van der Waals surface area contributed by atoms with Crippen LogP contribution in [0, 0.1) is 0 Å². The van der Waals surface area contributed by atoms with E-state index in [4.69, 9.17) is 0 Å². The molecule has 72 valence electrons. The summed E-state index contributed by atoms with van der Waals surface area (Å²) >= 11 is 3.08. The van der Waals surface area contributed by atoms with Crippen molar-refractivity contribution in [2.45, 2.75) is 11.8 Å². The first kappa shape index (κ1) is 12.3. The Morgan fingerprint density at radius 3 is 2.17 bits per heavy atom. The predicted molar refractivity (Wildman–Crippen MR) is 49.9 cm³/mol. The van der Waals surface area contributed by atoms with Gasteiger partial charge in [0.05, 0.1) is 11.0 Å². The maximum atomic E-state index is 11.4. The molecule has 12 heavy (non-hydrogen) atoms. The number of rotatable bonds is 5. The van der Waals surface area contributed by atoms with Crippen molar-refractivity contribution >= 4 is 29.3 Å². The number of hydrogen-bond acceptors (Lipinski definition) is 4. The van der Waals surface area contributed by atoms with E-state index in [2.05, 4.69) is 25.0 Å². The van der Waals surface area contributed by atoms with Gasteiger partial charge in [-0.25, -0.2) is 0 Å². The number of Topliss-reactive ketones (excluding diaryl/α,β-unsaturated/α-hetero) is 1. The van der Waals surface area contributed by atoms with Crippen LogP contribution < -0.4 is 0 Å². The minimum Gasteiger partial charge on any atom is -0.312 e. The van der Waals surface area contributed by atoms with Crippen LogP contribution >= 0.6 is 23.5 Å². The Kier molecular flexibility index (Phi) is 5.25. The summed E-state index contributed by atoms with van der Waals surface area (Å²) in [6.45, 7) is 1.41. The molecule has 0 saturated carbocycles. The van der Waals surface area contributed by atoms with Crippen LogP contribution in [0.2, 0.25) is 0 Å². The van der Waals surface area contributed by atoms with Gasteiger partial charge in [-0.2, -0.15) is 0 Å². The first-order chi connectivity index (χ1) is 5.45. The zero-order chi connectivity index (χ0) is 9.78. The van der Waals surface area contributed by atoms with Crippen molar-refractivity contribution in [1.82, 2.24) is 0 Å². The molecular weight excluding hydrogens is 247 g/mol. The molecule has 0 aliphatic carbocycles. The SMILES string of the molecule is COP(=O)(CC(Br)C(C)=O)OC. The minimum atomic E-state index is -3.06. The van der Waals surface area contributed by atoms with E-state index in [1.165, 1.54) is 21.1 Å². The van der Waals surface area contributed by atoms with Gasteiger partial charge in [-0.3, -0.25) is 9.36 Å². The van der Waals surface area contributed by atoms with Gasteiger partial charge in [0, 0.05) is 14.2 Å². The smallest absolute Gasteiger partial charge is 0.312 e. The number of halogens is 1. The van der Waals surface area contributed by atoms with Crippen LogP contribution in [0.15, 0.2) is 0 Å². The third-order valence-corrected chi connectivity index (χ3v) is 4.78. The Hall–Kier alpha value is 0.300. The summed E-state index contributed by atoms with van der Waals surface area (Å²) in [5.41, 5.74) is 0. The van der Waals surface area contributed by atoms with Crippen molar-refractivity contribution in [3.63, 3.8) is 0 Å². The van der Waals surface area contributed by atoms with Crippen LogP contribution in [0.4, 0.5) is 0 Å². The van der Waals surface area contributed by atoms with Gasteiger partial charge in [-0.05, 0) is 6.92 Å². The summed E-state index contributed by atoms with van der Waals surface area (Å²) in [6, 6.07) is 0. The minimum absolute atomic E-state index is 0.0648. The molecule has 0 amide bonds. The molecule has 1 unspecified atom stereocenters. The highest BCUT2D eigenvalue weighted by molar-refractivity contribution is 9.10. The fourth-order valence-electron chi connectivity index (χ4n) is 0.548. The third-order valence-electron chi connectivity index (χ3n) is 1.38. The number of hydrogen-bond donors (Lipinski definition) is 0. The van der Waals surface area contributed by atoms with Gasteiger partial charge in [0.1, 0.15) is 5.78 Å². The van der Waals surface area contributed by atoms with E-state index in [-0.39, 0.29) is 11.9 Å². The van der Waals surface area contributed by atoms with E-state index < -0.39 is 12.4 Å². The fourth-order valence-corrected chi connectivity index (χ4v) is 2.71. The van der Waals surface area contributed by atoms with Crippen molar-refractivity contribution in [2.24, 2.45) is 0 Å². The van der Waals surface area contributed by atoms with Crippen molar-refractivity contribution in [3.8, 4) is 0 Å². The lowest BCUT2D eigenvalue weighted by Crippen LogP contribution is -2.15. The van der Waals surface area contributed by atoms with Crippen molar-refractivity contribution in [2.75, 3.05) is 20.4 Å². The average Bonchev–Trinajstić information content (AvgIpc) is 2.04. The highest BCUT2D eigenvalue weighted by Gasteiger charge is 2.27. The molecule has 0 spiro atoms. The molecule has 0 aliphatic rings. The Labute approximate surface area is 80.3 Å². The van der Waals surface area contributed by atoms with Crippen molar-refractivity contribution in [1.29, 1.82) is 0 Å². The summed E-state index contributed by atoms with van der Waals surface area (Å²) in [6.07, 6.45) is 0.0648. The van der Waals surface area contributed by atoms with Crippen LogP contribution in [0.3, 0.4) is 0 Å². The molecule has 0 aromatic heterocycles. The molecule has 0 aromatic carbocycles. The number of carbonyl (C=O) groups is 1. The lowest BCUT2D eigenvalue weighted by molar-refractivity contribution is -0.116. The molecule has 0 aliphatic heterocycles. The standard InChI is InChI=1S/C6H12BrO4P/c1-5(8)6(7)4-12(9,10-2)11-3/h6H,4H2,1-3H3. The summed E-state index contributed by atoms with van der Waals surface area (Å²) < 4.78 is 20.8. The van der Waals surface area contributed by atoms with E-state index in [0.29, 0.717) is 0 Å². The van der Waals surface area contributed by atoms with Gasteiger partial charge >= 0.3 is 7.60 Å². The third kappa shape index (κ3) is 3.81. The molecule has 0 N–H and O–H groups in total. The average molecular weight is 259 g/mol. The van der Waals surface area contributed by atoms with Crippen LogP contribution in [0.5, 0.6) is 0 Å². The van der Waals surface area contributed by atoms with Gasteiger partial charge in [0.15, 0.2) is 0 Å². The van der Waals surface area contributed by atoms with E-state index in [1.54, 1.807) is 0 Å². The van der Waals surface area contributed by atoms with Gasteiger partial charge in [-0.1, -0.05) is 15.9 Å². The maximum absolute atomic E-state index is 11.4. The van der Waals surface area contributed by atoms with E-state index >= 15 is 0 Å². The Morgan fingerprint density at radius 2 is 1.92 bits per heavy atom. The molecule has 1 atom stereocenters. The van der Waals surface area contributed by atoms with E-state index in [9.17, 15) is 9.36 Å². The topological polar surface area (TPSA) is 52.6 Å². The number of ketones is 1. The summed E-state index contributed by atoms with van der Waals surface area (Å²) in [7, 11) is -0.467. The normalized spacial score (nSPS) is 14.3. The zero-order valence-electron chi connectivity index (χ0n) is 7.24. The highest BCUT2D eigenvalue weighted by Crippen LogP contribution is 2.47. The van der Waals surface area contributed by atoms with Crippen molar-refractivity contribution in [3.05, 3.63) is 0 Å². The van der Waals surface area contributed by atoms with Crippen LogP contribution in [-0.2, 0) is 18.4 Å². The lowest BCUT2D eigenvalue weighted by Gasteiger charge is -2.15. The molecule has 0 radical (unpaired) electrons. The Bertz CT molecular complexity index is 198. The Morgan fingerprint density at radius 1 is 1.50 bits per heavy atom. The monoisotopic (exact) mass is 258 g/mol. The Balaban J connectivity index is 4.22. The fraction of sp³-hybridized carbons (Fsp3) is 0.833. The van der Waals surface area contributed by atoms with E-state index in [0.717, 1.165) is 0 Å².